The Morgan fingerprint density at radius 1 is 1.21 bits per heavy atom. The standard InChI is InChI=1S/C16H24O3/c1-3-4-5-6-11-19-12-7-8-14-9-10-15(17)16(13-14)18-2/h7-10,13,17H,3-6,11-12H2,1-2H3/b8-7+. The van der Waals surface area contributed by atoms with Crippen LogP contribution in [-0.2, 0) is 4.74 Å². The van der Waals surface area contributed by atoms with E-state index >= 15 is 0 Å². The third-order valence-corrected chi connectivity index (χ3v) is 2.87. The van der Waals surface area contributed by atoms with Crippen LogP contribution >= 0.6 is 0 Å². The van der Waals surface area contributed by atoms with Crippen molar-refractivity contribution in [1.29, 1.82) is 0 Å². The van der Waals surface area contributed by atoms with Crippen molar-refractivity contribution >= 4 is 6.08 Å². The summed E-state index contributed by atoms with van der Waals surface area (Å²) in [4.78, 5) is 0. The molecule has 0 bridgehead atoms. The lowest BCUT2D eigenvalue weighted by atomic mass is 10.2. The van der Waals surface area contributed by atoms with Gasteiger partial charge in [-0.25, -0.2) is 0 Å². The molecular weight excluding hydrogens is 240 g/mol. The van der Waals surface area contributed by atoms with Crippen LogP contribution in [0, 0.1) is 0 Å². The predicted molar refractivity (Wildman–Crippen MR) is 78.7 cm³/mol. The summed E-state index contributed by atoms with van der Waals surface area (Å²) in [5, 5.41) is 9.47. The van der Waals surface area contributed by atoms with E-state index in [-0.39, 0.29) is 5.75 Å². The molecule has 0 unspecified atom stereocenters. The highest BCUT2D eigenvalue weighted by molar-refractivity contribution is 5.55. The van der Waals surface area contributed by atoms with E-state index < -0.39 is 0 Å². The maximum absolute atomic E-state index is 9.47. The van der Waals surface area contributed by atoms with Crippen molar-refractivity contribution in [3.63, 3.8) is 0 Å². The van der Waals surface area contributed by atoms with Gasteiger partial charge in [0.15, 0.2) is 11.5 Å². The van der Waals surface area contributed by atoms with E-state index in [0.29, 0.717) is 12.4 Å². The second-order valence-electron chi connectivity index (χ2n) is 4.47. The number of rotatable bonds is 9. The first kappa shape index (κ1) is 15.6. The molecule has 3 nitrogen and oxygen atoms in total. The maximum Gasteiger partial charge on any atom is 0.161 e. The van der Waals surface area contributed by atoms with E-state index in [2.05, 4.69) is 6.92 Å². The number of hydrogen-bond donors (Lipinski definition) is 1. The van der Waals surface area contributed by atoms with Gasteiger partial charge in [-0.1, -0.05) is 44.4 Å². The van der Waals surface area contributed by atoms with Gasteiger partial charge in [0.2, 0.25) is 0 Å². The van der Waals surface area contributed by atoms with E-state index in [9.17, 15) is 5.11 Å². The summed E-state index contributed by atoms with van der Waals surface area (Å²) in [6.07, 6.45) is 8.86. The second kappa shape index (κ2) is 9.45. The number of hydrogen-bond acceptors (Lipinski definition) is 3. The van der Waals surface area contributed by atoms with Crippen molar-refractivity contribution < 1.29 is 14.6 Å². The van der Waals surface area contributed by atoms with Crippen LogP contribution in [0.2, 0.25) is 0 Å². The van der Waals surface area contributed by atoms with Gasteiger partial charge in [-0.15, -0.1) is 0 Å². The molecule has 0 aliphatic carbocycles. The van der Waals surface area contributed by atoms with Gasteiger partial charge in [-0.3, -0.25) is 0 Å². The molecule has 1 aromatic rings. The molecule has 0 heterocycles. The molecule has 1 aromatic carbocycles. The molecule has 0 aliphatic heterocycles. The normalized spacial score (nSPS) is 11.1. The summed E-state index contributed by atoms with van der Waals surface area (Å²) in [5.74, 6) is 0.648. The zero-order chi connectivity index (χ0) is 13.9. The number of benzene rings is 1. The maximum atomic E-state index is 9.47. The lowest BCUT2D eigenvalue weighted by Gasteiger charge is -2.04. The number of unbranched alkanes of at least 4 members (excludes halogenated alkanes) is 3. The van der Waals surface area contributed by atoms with Crippen LogP contribution in [0.25, 0.3) is 6.08 Å². The Morgan fingerprint density at radius 2 is 2.05 bits per heavy atom. The predicted octanol–water partition coefficient (Wildman–Crippen LogP) is 4.01. The molecule has 0 radical (unpaired) electrons. The lowest BCUT2D eigenvalue weighted by Crippen LogP contribution is -1.94. The van der Waals surface area contributed by atoms with Crippen LogP contribution < -0.4 is 4.74 Å². The number of phenolic OH excluding ortho intramolecular Hbond substituents is 1. The second-order valence-corrected chi connectivity index (χ2v) is 4.47. The number of ether oxygens (including phenoxy) is 2. The minimum atomic E-state index is 0.159. The Hall–Kier alpha value is -1.48. The van der Waals surface area contributed by atoms with Crippen molar-refractivity contribution in [2.24, 2.45) is 0 Å². The molecule has 106 valence electrons. The van der Waals surface area contributed by atoms with E-state index in [4.69, 9.17) is 9.47 Å². The summed E-state index contributed by atoms with van der Waals surface area (Å²) in [5.41, 5.74) is 0.990. The minimum absolute atomic E-state index is 0.159. The average Bonchev–Trinajstić information content (AvgIpc) is 2.43. The Morgan fingerprint density at radius 3 is 2.79 bits per heavy atom. The largest absolute Gasteiger partial charge is 0.504 e. The van der Waals surface area contributed by atoms with Gasteiger partial charge in [0.1, 0.15) is 0 Å². The van der Waals surface area contributed by atoms with Crippen molar-refractivity contribution in [3.05, 3.63) is 29.8 Å². The van der Waals surface area contributed by atoms with Crippen LogP contribution in [0.1, 0.15) is 38.2 Å². The molecule has 0 atom stereocenters. The topological polar surface area (TPSA) is 38.7 Å². The molecule has 19 heavy (non-hydrogen) atoms. The highest BCUT2D eigenvalue weighted by Crippen LogP contribution is 2.26. The summed E-state index contributed by atoms with van der Waals surface area (Å²) in [7, 11) is 1.54. The summed E-state index contributed by atoms with van der Waals surface area (Å²) >= 11 is 0. The molecule has 0 aromatic heterocycles. The van der Waals surface area contributed by atoms with Crippen molar-refractivity contribution in [2.75, 3.05) is 20.3 Å². The average molecular weight is 264 g/mol. The molecule has 0 saturated carbocycles. The molecule has 3 heteroatoms. The van der Waals surface area contributed by atoms with Crippen LogP contribution in [0.4, 0.5) is 0 Å². The summed E-state index contributed by atoms with van der Waals surface area (Å²) < 4.78 is 10.6. The first-order valence-electron chi connectivity index (χ1n) is 6.89. The monoisotopic (exact) mass is 264 g/mol. The Kier molecular flexibility index (Phi) is 7.75. The highest BCUT2D eigenvalue weighted by atomic mass is 16.5. The lowest BCUT2D eigenvalue weighted by molar-refractivity contribution is 0.157. The van der Waals surface area contributed by atoms with Crippen molar-refractivity contribution in [3.8, 4) is 11.5 Å². The summed E-state index contributed by atoms with van der Waals surface area (Å²) in [6.45, 7) is 3.65. The molecular formula is C16H24O3. The smallest absolute Gasteiger partial charge is 0.161 e. The molecule has 0 aliphatic rings. The quantitative estimate of drug-likeness (QED) is 0.685. The fourth-order valence-electron chi connectivity index (χ4n) is 1.76. The van der Waals surface area contributed by atoms with Gasteiger partial charge >= 0.3 is 0 Å². The van der Waals surface area contributed by atoms with E-state index in [0.717, 1.165) is 18.6 Å². The molecule has 0 amide bonds. The first-order chi connectivity index (χ1) is 9.27. The van der Waals surface area contributed by atoms with Crippen LogP contribution in [-0.4, -0.2) is 25.4 Å². The zero-order valence-corrected chi connectivity index (χ0v) is 11.9. The third kappa shape index (κ3) is 6.30. The fraction of sp³-hybridized carbons (Fsp3) is 0.500. The van der Waals surface area contributed by atoms with Gasteiger partial charge in [-0.05, 0) is 24.1 Å². The van der Waals surface area contributed by atoms with Crippen molar-refractivity contribution in [2.45, 2.75) is 32.6 Å². The molecule has 0 fully saturated rings. The molecule has 1 N–H and O–H groups in total. The van der Waals surface area contributed by atoms with Gasteiger partial charge in [0, 0.05) is 6.61 Å². The summed E-state index contributed by atoms with van der Waals surface area (Å²) in [6, 6.07) is 5.27. The van der Waals surface area contributed by atoms with Gasteiger partial charge in [0.25, 0.3) is 0 Å². The van der Waals surface area contributed by atoms with E-state index in [1.807, 2.05) is 18.2 Å². The van der Waals surface area contributed by atoms with Crippen LogP contribution in [0.15, 0.2) is 24.3 Å². The van der Waals surface area contributed by atoms with Crippen LogP contribution in [0.3, 0.4) is 0 Å². The van der Waals surface area contributed by atoms with Gasteiger partial charge in [-0.2, -0.15) is 0 Å². The Labute approximate surface area is 115 Å². The van der Waals surface area contributed by atoms with Gasteiger partial charge in [0.05, 0.1) is 13.7 Å². The highest BCUT2D eigenvalue weighted by Gasteiger charge is 1.99. The van der Waals surface area contributed by atoms with E-state index in [1.165, 1.54) is 19.3 Å². The molecule has 0 saturated heterocycles. The van der Waals surface area contributed by atoms with Crippen LogP contribution in [0.5, 0.6) is 11.5 Å². The SMILES string of the molecule is CCCCCCOC/C=C/c1ccc(O)c(OC)c1. The molecule has 0 spiro atoms. The van der Waals surface area contributed by atoms with E-state index in [1.54, 1.807) is 19.2 Å². The number of methoxy groups -OCH3 is 1. The number of phenols is 1. The third-order valence-electron chi connectivity index (χ3n) is 2.87. The molecule has 1 rings (SSSR count). The van der Waals surface area contributed by atoms with Gasteiger partial charge < -0.3 is 14.6 Å². The Balaban J connectivity index is 2.25. The fourth-order valence-corrected chi connectivity index (χ4v) is 1.76. The zero-order valence-electron chi connectivity index (χ0n) is 11.9. The number of aromatic hydroxyl groups is 1. The first-order valence-corrected chi connectivity index (χ1v) is 6.89. The Bertz CT molecular complexity index is 386. The van der Waals surface area contributed by atoms with Crippen molar-refractivity contribution in [1.82, 2.24) is 0 Å². The minimum Gasteiger partial charge on any atom is -0.504 e.